The first-order valence-corrected chi connectivity index (χ1v) is 14.3. The van der Waals surface area contributed by atoms with Gasteiger partial charge in [0.1, 0.15) is 15.7 Å². The van der Waals surface area contributed by atoms with Crippen LogP contribution in [0.25, 0.3) is 10.8 Å². The van der Waals surface area contributed by atoms with Gasteiger partial charge in [0.15, 0.2) is 5.17 Å². The second-order valence-corrected chi connectivity index (χ2v) is 11.0. The van der Waals surface area contributed by atoms with Gasteiger partial charge in [0.2, 0.25) is 0 Å². The number of hydrogen-bond acceptors (Lipinski definition) is 6. The van der Waals surface area contributed by atoms with E-state index in [2.05, 4.69) is 48.2 Å². The molecule has 0 aliphatic carbocycles. The van der Waals surface area contributed by atoms with E-state index in [1.165, 1.54) is 17.3 Å². The average molecular weight is 538 g/mol. The first-order valence-electron chi connectivity index (χ1n) is 12.6. The summed E-state index contributed by atoms with van der Waals surface area (Å²) < 4.78 is 5.47. The minimum absolute atomic E-state index is 0.00522. The molecular formula is C31H27N3O2S2. The Morgan fingerprint density at radius 1 is 0.868 bits per heavy atom. The van der Waals surface area contributed by atoms with Crippen LogP contribution in [0.2, 0.25) is 0 Å². The molecule has 38 heavy (non-hydrogen) atoms. The molecule has 4 aromatic rings. The lowest BCUT2D eigenvalue weighted by atomic mass is 10.1. The summed E-state index contributed by atoms with van der Waals surface area (Å²) in [5.41, 5.74) is 3.14. The fourth-order valence-corrected chi connectivity index (χ4v) is 7.17. The van der Waals surface area contributed by atoms with Gasteiger partial charge in [-0.1, -0.05) is 78.5 Å². The van der Waals surface area contributed by atoms with Crippen LogP contribution in [-0.4, -0.2) is 36.2 Å². The lowest BCUT2D eigenvalue weighted by Gasteiger charge is -2.19. The quantitative estimate of drug-likeness (QED) is 0.239. The fraction of sp³-hybridized carbons (Fsp3) is 0.161. The van der Waals surface area contributed by atoms with Gasteiger partial charge in [0.25, 0.3) is 5.91 Å². The first kappa shape index (κ1) is 24.6. The van der Waals surface area contributed by atoms with Crippen molar-refractivity contribution in [3.63, 3.8) is 0 Å². The minimum atomic E-state index is 0.00522. The Labute approximate surface area is 231 Å². The van der Waals surface area contributed by atoms with Crippen LogP contribution in [0.4, 0.5) is 11.4 Å². The van der Waals surface area contributed by atoms with Gasteiger partial charge in [-0.2, -0.15) is 0 Å². The number of amidine groups is 1. The van der Waals surface area contributed by atoms with Crippen molar-refractivity contribution in [2.75, 3.05) is 25.1 Å². The summed E-state index contributed by atoms with van der Waals surface area (Å²) in [5.74, 6) is 0.813. The Bertz CT molecular complexity index is 1580. The third-order valence-electron chi connectivity index (χ3n) is 6.73. The maximum absolute atomic E-state index is 14.0. The van der Waals surface area contributed by atoms with Crippen molar-refractivity contribution < 1.29 is 9.53 Å². The monoisotopic (exact) mass is 537 g/mol. The molecule has 0 saturated carbocycles. The Kier molecular flexibility index (Phi) is 6.87. The van der Waals surface area contributed by atoms with E-state index in [1.807, 2.05) is 59.5 Å². The molecule has 1 saturated heterocycles. The number of methoxy groups -OCH3 is 1. The fourth-order valence-electron chi connectivity index (χ4n) is 4.78. The molecule has 0 radical (unpaired) electrons. The van der Waals surface area contributed by atoms with E-state index in [4.69, 9.17) is 9.73 Å². The summed E-state index contributed by atoms with van der Waals surface area (Å²) in [7, 11) is 1.68. The Hall–Kier alpha value is -3.68. The van der Waals surface area contributed by atoms with Crippen molar-refractivity contribution in [3.05, 3.63) is 106 Å². The van der Waals surface area contributed by atoms with Crippen LogP contribution in [0.3, 0.4) is 0 Å². The van der Waals surface area contributed by atoms with Gasteiger partial charge >= 0.3 is 0 Å². The molecule has 0 spiro atoms. The topological polar surface area (TPSA) is 45.1 Å². The summed E-state index contributed by atoms with van der Waals surface area (Å²) in [6.07, 6.45) is 0.756. The van der Waals surface area contributed by atoms with Crippen LogP contribution >= 0.6 is 23.5 Å². The molecule has 190 valence electrons. The summed E-state index contributed by atoms with van der Waals surface area (Å²) in [4.78, 5) is 25.0. The molecule has 2 aliphatic heterocycles. The zero-order chi connectivity index (χ0) is 26.1. The standard InChI is InChI=1S/C31H27N3O2S2/c1-3-33-26-20-23(36-2)16-17-27(26)37-30(33)28-29(35)34(19-18-21-10-5-4-6-11-21)31(38-28)32-25-15-9-13-22-12-7-8-14-24(22)25/h4-17,20H,3,18-19H2,1-2H3. The summed E-state index contributed by atoms with van der Waals surface area (Å²) in [5, 5.41) is 3.88. The zero-order valence-corrected chi connectivity index (χ0v) is 22.9. The highest BCUT2D eigenvalue weighted by atomic mass is 32.2. The number of anilines is 1. The zero-order valence-electron chi connectivity index (χ0n) is 21.3. The summed E-state index contributed by atoms with van der Waals surface area (Å²) in [6.45, 7) is 3.42. The number of rotatable bonds is 6. The van der Waals surface area contributed by atoms with E-state index in [0.717, 1.165) is 60.9 Å². The molecule has 6 rings (SSSR count). The second kappa shape index (κ2) is 10.6. The van der Waals surface area contributed by atoms with Crippen LogP contribution in [0.15, 0.2) is 111 Å². The lowest BCUT2D eigenvalue weighted by Crippen LogP contribution is -2.32. The number of amides is 1. The third-order valence-corrected chi connectivity index (χ3v) is 9.11. The van der Waals surface area contributed by atoms with E-state index in [9.17, 15) is 4.79 Å². The Balaban J connectivity index is 1.42. The smallest absolute Gasteiger partial charge is 0.269 e. The largest absolute Gasteiger partial charge is 0.497 e. The highest BCUT2D eigenvalue weighted by Gasteiger charge is 2.39. The molecule has 0 aromatic heterocycles. The van der Waals surface area contributed by atoms with E-state index < -0.39 is 0 Å². The highest BCUT2D eigenvalue weighted by Crippen LogP contribution is 2.51. The van der Waals surface area contributed by atoms with E-state index in [0.29, 0.717) is 6.54 Å². The molecule has 0 atom stereocenters. The van der Waals surface area contributed by atoms with Gasteiger partial charge in [-0.25, -0.2) is 4.99 Å². The van der Waals surface area contributed by atoms with E-state index >= 15 is 0 Å². The first-order chi connectivity index (χ1) is 18.7. The van der Waals surface area contributed by atoms with Crippen LogP contribution in [0, 0.1) is 0 Å². The minimum Gasteiger partial charge on any atom is -0.497 e. The lowest BCUT2D eigenvalue weighted by molar-refractivity contribution is -0.122. The van der Waals surface area contributed by atoms with Gasteiger partial charge in [-0.15, -0.1) is 0 Å². The number of nitrogens with zero attached hydrogens (tertiary/aromatic N) is 3. The van der Waals surface area contributed by atoms with Crippen molar-refractivity contribution in [2.24, 2.45) is 4.99 Å². The normalized spacial score (nSPS) is 18.1. The van der Waals surface area contributed by atoms with Crippen molar-refractivity contribution in [1.82, 2.24) is 4.90 Å². The van der Waals surface area contributed by atoms with Crippen LogP contribution in [-0.2, 0) is 11.2 Å². The number of carbonyl (C=O) groups is 1. The summed E-state index contributed by atoms with van der Waals surface area (Å²) in [6, 6.07) is 30.7. The van der Waals surface area contributed by atoms with Gasteiger partial charge in [0.05, 0.1) is 18.5 Å². The van der Waals surface area contributed by atoms with E-state index in [1.54, 1.807) is 18.9 Å². The number of thioether (sulfide) groups is 2. The predicted molar refractivity (Wildman–Crippen MR) is 159 cm³/mol. The van der Waals surface area contributed by atoms with Crippen LogP contribution in [0.5, 0.6) is 5.75 Å². The predicted octanol–water partition coefficient (Wildman–Crippen LogP) is 7.46. The third kappa shape index (κ3) is 4.57. The molecule has 0 N–H and O–H groups in total. The summed E-state index contributed by atoms with van der Waals surface area (Å²) >= 11 is 3.12. The van der Waals surface area contributed by atoms with Crippen molar-refractivity contribution in [2.45, 2.75) is 18.2 Å². The highest BCUT2D eigenvalue weighted by molar-refractivity contribution is 8.19. The molecule has 1 amide bonds. The Morgan fingerprint density at radius 3 is 2.47 bits per heavy atom. The number of benzene rings is 4. The Morgan fingerprint density at radius 2 is 1.66 bits per heavy atom. The molecule has 5 nitrogen and oxygen atoms in total. The molecule has 2 aliphatic rings. The van der Waals surface area contributed by atoms with Gasteiger partial charge < -0.3 is 9.64 Å². The van der Waals surface area contributed by atoms with Crippen molar-refractivity contribution in [1.29, 1.82) is 0 Å². The van der Waals surface area contributed by atoms with Crippen LogP contribution < -0.4 is 9.64 Å². The maximum Gasteiger partial charge on any atom is 0.269 e. The number of ether oxygens (including phenoxy) is 1. The van der Waals surface area contributed by atoms with Gasteiger partial charge in [-0.05, 0) is 54.3 Å². The molecule has 7 heteroatoms. The number of fused-ring (bicyclic) bond motifs is 2. The SMILES string of the molecule is CCN1C(=C2SC(=Nc3cccc4ccccc34)N(CCc3ccccc3)C2=O)Sc2ccc(OC)cc21. The number of hydrogen-bond donors (Lipinski definition) is 0. The van der Waals surface area contributed by atoms with Crippen molar-refractivity contribution in [3.8, 4) is 5.75 Å². The molecule has 1 fully saturated rings. The molecule has 2 heterocycles. The number of aliphatic imine (C=N–C) groups is 1. The molecule has 0 bridgehead atoms. The molecule has 4 aromatic carbocycles. The van der Waals surface area contributed by atoms with Crippen molar-refractivity contribution >= 4 is 56.7 Å². The van der Waals surface area contributed by atoms with Gasteiger partial charge in [0, 0.05) is 29.4 Å². The molecule has 0 unspecified atom stereocenters. The maximum atomic E-state index is 14.0. The van der Waals surface area contributed by atoms with Gasteiger partial charge in [-0.3, -0.25) is 9.69 Å². The number of carbonyl (C=O) groups excluding carboxylic acids is 1. The van der Waals surface area contributed by atoms with Crippen LogP contribution in [0.1, 0.15) is 12.5 Å². The average Bonchev–Trinajstić information content (AvgIpc) is 3.48. The van der Waals surface area contributed by atoms with E-state index in [-0.39, 0.29) is 5.91 Å². The second-order valence-electron chi connectivity index (χ2n) is 9.00. The molecular weight excluding hydrogens is 510 g/mol.